The SMILES string of the molecule is N=C1O[C@@H](c2cccc([N+](=O)[O-])c2)C(=N/NC(=O)c2ccccc2O)/C1=N\NC(=O)c1ccccc1O. The van der Waals surface area contributed by atoms with Gasteiger partial charge in [0.15, 0.2) is 11.8 Å². The van der Waals surface area contributed by atoms with Crippen LogP contribution in [0.4, 0.5) is 5.69 Å². The zero-order valence-electron chi connectivity index (χ0n) is 18.8. The lowest BCUT2D eigenvalue weighted by molar-refractivity contribution is -0.384. The predicted octanol–water partition coefficient (Wildman–Crippen LogP) is 2.63. The van der Waals surface area contributed by atoms with Crippen molar-refractivity contribution in [1.82, 2.24) is 10.9 Å². The summed E-state index contributed by atoms with van der Waals surface area (Å²) >= 11 is 0. The van der Waals surface area contributed by atoms with Gasteiger partial charge in [0.1, 0.15) is 17.2 Å². The minimum atomic E-state index is -1.20. The Morgan fingerprint density at radius 3 is 2.03 bits per heavy atom. The molecular weight excluding hydrogens is 484 g/mol. The number of phenolic OH excluding ortho intramolecular Hbond substituents is 2. The van der Waals surface area contributed by atoms with E-state index in [-0.39, 0.29) is 45.3 Å². The van der Waals surface area contributed by atoms with Crippen molar-refractivity contribution >= 4 is 34.8 Å². The molecule has 13 heteroatoms. The van der Waals surface area contributed by atoms with Gasteiger partial charge >= 0.3 is 0 Å². The highest BCUT2D eigenvalue weighted by atomic mass is 16.6. The molecule has 13 nitrogen and oxygen atoms in total. The summed E-state index contributed by atoms with van der Waals surface area (Å²) in [6.45, 7) is 0. The van der Waals surface area contributed by atoms with Crippen molar-refractivity contribution in [3.05, 3.63) is 99.6 Å². The Hall–Kier alpha value is -5.59. The van der Waals surface area contributed by atoms with E-state index in [4.69, 9.17) is 10.1 Å². The molecule has 1 heterocycles. The summed E-state index contributed by atoms with van der Waals surface area (Å²) in [7, 11) is 0. The monoisotopic (exact) mass is 502 g/mol. The van der Waals surface area contributed by atoms with Gasteiger partial charge in [-0.1, -0.05) is 36.4 Å². The first-order valence-electron chi connectivity index (χ1n) is 10.6. The van der Waals surface area contributed by atoms with Gasteiger partial charge in [0, 0.05) is 17.7 Å². The summed E-state index contributed by atoms with van der Waals surface area (Å²) in [6.07, 6.45) is -1.20. The molecule has 5 N–H and O–H groups in total. The quantitative estimate of drug-likeness (QED) is 0.252. The van der Waals surface area contributed by atoms with Gasteiger partial charge in [-0.05, 0) is 24.3 Å². The molecule has 2 amide bonds. The number of carbonyl (C=O) groups excluding carboxylic acids is 2. The van der Waals surface area contributed by atoms with Crippen LogP contribution in [-0.2, 0) is 4.74 Å². The second-order valence-corrected chi connectivity index (χ2v) is 7.55. The number of hydrogen-bond acceptors (Lipinski definition) is 10. The molecule has 0 bridgehead atoms. The van der Waals surface area contributed by atoms with Gasteiger partial charge in [-0.2, -0.15) is 10.2 Å². The zero-order valence-corrected chi connectivity index (χ0v) is 18.8. The van der Waals surface area contributed by atoms with Crippen molar-refractivity contribution in [2.24, 2.45) is 10.2 Å². The maximum absolute atomic E-state index is 12.6. The molecule has 1 fully saturated rings. The first-order valence-corrected chi connectivity index (χ1v) is 10.6. The molecule has 1 saturated heterocycles. The van der Waals surface area contributed by atoms with Gasteiger partial charge < -0.3 is 14.9 Å². The molecule has 0 aromatic heterocycles. The van der Waals surface area contributed by atoms with Crippen LogP contribution in [-0.4, -0.2) is 44.3 Å². The number of ether oxygens (including phenoxy) is 1. The average molecular weight is 502 g/mol. The number of carbonyl (C=O) groups is 2. The molecule has 1 atom stereocenters. The van der Waals surface area contributed by atoms with Crippen molar-refractivity contribution in [2.45, 2.75) is 6.10 Å². The lowest BCUT2D eigenvalue weighted by Gasteiger charge is -2.11. The number of para-hydroxylation sites is 2. The molecule has 0 saturated carbocycles. The number of phenols is 2. The first-order chi connectivity index (χ1) is 17.8. The fourth-order valence-electron chi connectivity index (χ4n) is 3.39. The number of nitrogens with one attached hydrogen (secondary N) is 3. The minimum absolute atomic E-state index is 0.0842. The topological polar surface area (TPSA) is 200 Å². The lowest BCUT2D eigenvalue weighted by atomic mass is 10.0. The zero-order chi connectivity index (χ0) is 26.5. The summed E-state index contributed by atoms with van der Waals surface area (Å²) in [5.41, 5.74) is 3.83. The third kappa shape index (κ3) is 5.24. The number of nitro benzene ring substituents is 1. The number of nitro groups is 1. The van der Waals surface area contributed by atoms with E-state index in [1.54, 1.807) is 0 Å². The van der Waals surface area contributed by atoms with Crippen LogP contribution < -0.4 is 10.9 Å². The van der Waals surface area contributed by atoms with Crippen LogP contribution in [0, 0.1) is 15.5 Å². The molecule has 0 unspecified atom stereocenters. The molecule has 0 radical (unpaired) electrons. The van der Waals surface area contributed by atoms with Crippen LogP contribution in [0.2, 0.25) is 0 Å². The van der Waals surface area contributed by atoms with Gasteiger partial charge in [0.25, 0.3) is 17.5 Å². The average Bonchev–Trinajstić information content (AvgIpc) is 3.21. The first kappa shape index (κ1) is 24.5. The van der Waals surface area contributed by atoms with E-state index in [1.807, 2.05) is 0 Å². The van der Waals surface area contributed by atoms with E-state index >= 15 is 0 Å². The summed E-state index contributed by atoms with van der Waals surface area (Å²) in [4.78, 5) is 35.7. The van der Waals surface area contributed by atoms with Crippen molar-refractivity contribution < 1.29 is 29.5 Å². The normalized spacial score (nSPS) is 16.9. The van der Waals surface area contributed by atoms with E-state index in [9.17, 15) is 29.9 Å². The predicted molar refractivity (Wildman–Crippen MR) is 131 cm³/mol. The van der Waals surface area contributed by atoms with Crippen molar-refractivity contribution in [3.63, 3.8) is 0 Å². The molecule has 3 aromatic rings. The largest absolute Gasteiger partial charge is 0.507 e. The van der Waals surface area contributed by atoms with E-state index in [2.05, 4.69) is 21.1 Å². The summed E-state index contributed by atoms with van der Waals surface area (Å²) in [6, 6.07) is 16.8. The number of rotatable bonds is 6. The molecule has 1 aliphatic rings. The van der Waals surface area contributed by atoms with E-state index < -0.39 is 28.7 Å². The molecule has 3 aromatic carbocycles. The van der Waals surface area contributed by atoms with Crippen molar-refractivity contribution in [1.29, 1.82) is 5.41 Å². The Balaban J connectivity index is 1.70. The third-order valence-electron chi connectivity index (χ3n) is 5.17. The smallest absolute Gasteiger partial charge is 0.275 e. The molecule has 37 heavy (non-hydrogen) atoms. The number of hydrogen-bond donors (Lipinski definition) is 5. The number of nitrogens with zero attached hydrogens (tertiary/aromatic N) is 3. The Bertz CT molecular complexity index is 1480. The number of hydrazone groups is 2. The molecule has 1 aliphatic heterocycles. The van der Waals surface area contributed by atoms with Gasteiger partial charge in [-0.25, -0.2) is 10.9 Å². The number of benzene rings is 3. The van der Waals surface area contributed by atoms with Crippen molar-refractivity contribution in [3.8, 4) is 11.5 Å². The number of aromatic hydroxyl groups is 2. The maximum Gasteiger partial charge on any atom is 0.275 e. The molecular formula is C24H18N6O7. The highest BCUT2D eigenvalue weighted by Gasteiger charge is 2.38. The van der Waals surface area contributed by atoms with Crippen LogP contribution in [0.1, 0.15) is 32.4 Å². The maximum atomic E-state index is 12.6. The summed E-state index contributed by atoms with van der Waals surface area (Å²) < 4.78 is 5.53. The molecule has 0 aliphatic carbocycles. The van der Waals surface area contributed by atoms with Crippen LogP contribution >= 0.6 is 0 Å². The van der Waals surface area contributed by atoms with Gasteiger partial charge in [0.2, 0.25) is 5.90 Å². The molecule has 186 valence electrons. The Morgan fingerprint density at radius 2 is 1.46 bits per heavy atom. The van der Waals surface area contributed by atoms with E-state index in [0.29, 0.717) is 0 Å². The summed E-state index contributed by atoms with van der Waals surface area (Å²) in [5, 5.41) is 47.2. The number of non-ortho nitro benzene ring substituents is 1. The van der Waals surface area contributed by atoms with E-state index in [1.165, 1.54) is 72.8 Å². The second kappa shape index (κ2) is 10.4. The van der Waals surface area contributed by atoms with Crippen LogP contribution in [0.15, 0.2) is 83.0 Å². The lowest BCUT2D eigenvalue weighted by Crippen LogP contribution is -2.28. The second-order valence-electron chi connectivity index (χ2n) is 7.55. The van der Waals surface area contributed by atoms with Crippen LogP contribution in [0.5, 0.6) is 11.5 Å². The fourth-order valence-corrected chi connectivity index (χ4v) is 3.39. The van der Waals surface area contributed by atoms with Gasteiger partial charge in [0.05, 0.1) is 16.1 Å². The third-order valence-corrected chi connectivity index (χ3v) is 5.17. The van der Waals surface area contributed by atoms with Gasteiger partial charge in [-0.15, -0.1) is 0 Å². The van der Waals surface area contributed by atoms with Crippen LogP contribution in [0.25, 0.3) is 0 Å². The van der Waals surface area contributed by atoms with Crippen molar-refractivity contribution in [2.75, 3.05) is 0 Å². The number of amides is 2. The highest BCUT2D eigenvalue weighted by Crippen LogP contribution is 2.29. The Kier molecular flexibility index (Phi) is 6.86. The highest BCUT2D eigenvalue weighted by molar-refractivity contribution is 6.69. The van der Waals surface area contributed by atoms with Crippen LogP contribution in [0.3, 0.4) is 0 Å². The molecule has 0 spiro atoms. The fraction of sp³-hybridized carbons (Fsp3) is 0.0417. The summed E-state index contributed by atoms with van der Waals surface area (Å²) in [5.74, 6) is -2.72. The van der Waals surface area contributed by atoms with E-state index in [0.717, 1.165) is 0 Å². The minimum Gasteiger partial charge on any atom is -0.507 e. The Morgan fingerprint density at radius 1 is 0.892 bits per heavy atom. The standard InChI is InChI=1S/C24H18N6O7/c25-22-20(27-29-24(34)16-9-2-4-11-18(16)32)19(26-28-23(33)15-8-1-3-10-17(15)31)21(37-22)13-6-5-7-14(12-13)30(35)36/h1-12,21,25,31-32H,(H,28,33)(H,29,34)/b25-22?,26-19+,27-20+/t21-/m0/s1. The molecule has 4 rings (SSSR count). The van der Waals surface area contributed by atoms with Gasteiger partial charge in [-0.3, -0.25) is 25.1 Å². The Labute approximate surface area is 208 Å².